The van der Waals surface area contributed by atoms with Gasteiger partial charge in [0.05, 0.1) is 11.4 Å². The van der Waals surface area contributed by atoms with E-state index in [9.17, 15) is 14.7 Å². The zero-order valence-corrected chi connectivity index (χ0v) is 11.6. The van der Waals surface area contributed by atoms with Gasteiger partial charge in [-0.15, -0.1) is 0 Å². The van der Waals surface area contributed by atoms with Crippen LogP contribution in [-0.4, -0.2) is 32.4 Å². The average molecular weight is 268 g/mol. The van der Waals surface area contributed by atoms with Crippen LogP contribution in [0.2, 0.25) is 0 Å². The fraction of sp³-hybridized carbons (Fsp3) is 0.583. The minimum Gasteiger partial charge on any atom is -0.480 e. The van der Waals surface area contributed by atoms with Crippen LogP contribution in [0, 0.1) is 6.92 Å². The summed E-state index contributed by atoms with van der Waals surface area (Å²) >= 11 is 0. The first kappa shape index (κ1) is 15.0. The van der Waals surface area contributed by atoms with Crippen LogP contribution in [0.25, 0.3) is 0 Å². The largest absolute Gasteiger partial charge is 0.480 e. The summed E-state index contributed by atoms with van der Waals surface area (Å²) < 4.78 is 1.58. The van der Waals surface area contributed by atoms with Crippen molar-refractivity contribution in [1.82, 2.24) is 15.1 Å². The third kappa shape index (κ3) is 3.24. The van der Waals surface area contributed by atoms with Gasteiger partial charge >= 0.3 is 12.0 Å². The van der Waals surface area contributed by atoms with Crippen molar-refractivity contribution in [2.24, 2.45) is 7.05 Å². The van der Waals surface area contributed by atoms with E-state index in [-0.39, 0.29) is 0 Å². The van der Waals surface area contributed by atoms with E-state index in [0.29, 0.717) is 24.2 Å². The lowest BCUT2D eigenvalue weighted by Crippen LogP contribution is -2.55. The van der Waals surface area contributed by atoms with E-state index >= 15 is 0 Å². The predicted octanol–water partition coefficient (Wildman–Crippen LogP) is 1.49. The van der Waals surface area contributed by atoms with Crippen molar-refractivity contribution in [2.45, 2.75) is 39.2 Å². The van der Waals surface area contributed by atoms with Crippen molar-refractivity contribution in [3.8, 4) is 0 Å². The maximum absolute atomic E-state index is 11.9. The third-order valence-corrected chi connectivity index (χ3v) is 3.23. The topological polar surface area (TPSA) is 96.3 Å². The molecule has 0 aliphatic carbocycles. The second kappa shape index (κ2) is 5.73. The van der Waals surface area contributed by atoms with Gasteiger partial charge in [-0.05, 0) is 19.8 Å². The quantitative estimate of drug-likeness (QED) is 0.753. The summed E-state index contributed by atoms with van der Waals surface area (Å²) in [5.74, 6) is -1.03. The standard InChI is InChI=1S/C12H20N4O3/c1-5-12(6-2,10(17)18)14-11(19)13-9-7-16(4)15-8(9)3/h7H,5-6H2,1-4H3,(H,17,18)(H2,13,14,19). The first-order chi connectivity index (χ1) is 8.84. The van der Waals surface area contributed by atoms with Crippen LogP contribution in [0.1, 0.15) is 32.4 Å². The number of carbonyl (C=O) groups is 2. The molecule has 7 heteroatoms. The molecule has 7 nitrogen and oxygen atoms in total. The van der Waals surface area contributed by atoms with Crippen LogP contribution in [0.3, 0.4) is 0 Å². The number of aromatic nitrogens is 2. The Bertz CT molecular complexity index is 477. The Morgan fingerprint density at radius 3 is 2.37 bits per heavy atom. The first-order valence-electron chi connectivity index (χ1n) is 6.17. The van der Waals surface area contributed by atoms with E-state index in [1.165, 1.54) is 0 Å². The Kier molecular flexibility index (Phi) is 4.52. The van der Waals surface area contributed by atoms with E-state index in [1.54, 1.807) is 38.7 Å². The number of anilines is 1. The Hall–Kier alpha value is -2.05. The van der Waals surface area contributed by atoms with Crippen LogP contribution in [0.5, 0.6) is 0 Å². The van der Waals surface area contributed by atoms with Crippen molar-refractivity contribution in [3.63, 3.8) is 0 Å². The highest BCUT2D eigenvalue weighted by atomic mass is 16.4. The minimum atomic E-state index is -1.24. The molecule has 0 radical (unpaired) electrons. The van der Waals surface area contributed by atoms with E-state index in [0.717, 1.165) is 0 Å². The number of urea groups is 1. The molecule has 2 amide bonds. The van der Waals surface area contributed by atoms with Crippen LogP contribution in [0.4, 0.5) is 10.5 Å². The van der Waals surface area contributed by atoms with Crippen molar-refractivity contribution in [3.05, 3.63) is 11.9 Å². The summed E-state index contributed by atoms with van der Waals surface area (Å²) in [6.45, 7) is 5.22. The second-order valence-electron chi connectivity index (χ2n) is 4.48. The smallest absolute Gasteiger partial charge is 0.329 e. The Morgan fingerprint density at radius 1 is 1.42 bits per heavy atom. The number of carboxylic acid groups (broad SMARTS) is 1. The van der Waals surface area contributed by atoms with Gasteiger partial charge < -0.3 is 15.7 Å². The van der Waals surface area contributed by atoms with Gasteiger partial charge in [-0.2, -0.15) is 5.10 Å². The molecule has 0 bridgehead atoms. The molecule has 0 spiro atoms. The zero-order valence-electron chi connectivity index (χ0n) is 11.6. The van der Waals surface area contributed by atoms with Crippen molar-refractivity contribution >= 4 is 17.7 Å². The van der Waals surface area contributed by atoms with Gasteiger partial charge in [0.25, 0.3) is 0 Å². The maximum atomic E-state index is 11.9. The number of nitrogens with one attached hydrogen (secondary N) is 2. The number of amides is 2. The highest BCUT2D eigenvalue weighted by Crippen LogP contribution is 2.17. The van der Waals surface area contributed by atoms with Crippen LogP contribution >= 0.6 is 0 Å². The fourth-order valence-electron chi connectivity index (χ4n) is 1.88. The molecule has 0 fully saturated rings. The zero-order chi connectivity index (χ0) is 14.6. The molecule has 0 saturated heterocycles. The molecule has 0 aliphatic heterocycles. The Balaban J connectivity index is 2.79. The number of rotatable bonds is 5. The molecule has 0 atom stereocenters. The van der Waals surface area contributed by atoms with Crippen molar-refractivity contribution in [2.75, 3.05) is 5.32 Å². The van der Waals surface area contributed by atoms with Crippen LogP contribution in [-0.2, 0) is 11.8 Å². The number of nitrogens with zero attached hydrogens (tertiary/aromatic N) is 2. The number of aliphatic carboxylic acids is 1. The van der Waals surface area contributed by atoms with E-state index < -0.39 is 17.5 Å². The Labute approximate surface area is 112 Å². The summed E-state index contributed by atoms with van der Waals surface area (Å²) in [6.07, 6.45) is 2.30. The highest BCUT2D eigenvalue weighted by molar-refractivity contribution is 5.94. The highest BCUT2D eigenvalue weighted by Gasteiger charge is 2.36. The van der Waals surface area contributed by atoms with Crippen molar-refractivity contribution in [1.29, 1.82) is 0 Å². The minimum absolute atomic E-state index is 0.318. The Morgan fingerprint density at radius 2 is 2.00 bits per heavy atom. The molecule has 19 heavy (non-hydrogen) atoms. The van der Waals surface area contributed by atoms with Gasteiger partial charge in [0, 0.05) is 13.2 Å². The van der Waals surface area contributed by atoms with Gasteiger partial charge in [-0.3, -0.25) is 4.68 Å². The predicted molar refractivity (Wildman–Crippen MR) is 71.0 cm³/mol. The molecule has 1 heterocycles. The molecule has 106 valence electrons. The van der Waals surface area contributed by atoms with Crippen molar-refractivity contribution < 1.29 is 14.7 Å². The van der Waals surface area contributed by atoms with Crippen LogP contribution < -0.4 is 10.6 Å². The number of hydrogen-bond acceptors (Lipinski definition) is 3. The molecule has 0 saturated carbocycles. The number of hydrogen-bond donors (Lipinski definition) is 3. The first-order valence-corrected chi connectivity index (χ1v) is 6.17. The molecule has 3 N–H and O–H groups in total. The molecule has 1 aromatic heterocycles. The number of carbonyl (C=O) groups excluding carboxylic acids is 1. The molecule has 0 aromatic carbocycles. The summed E-state index contributed by atoms with van der Waals surface area (Å²) in [7, 11) is 1.75. The number of carboxylic acids is 1. The van der Waals surface area contributed by atoms with Gasteiger partial charge in [-0.25, -0.2) is 9.59 Å². The van der Waals surface area contributed by atoms with E-state index in [4.69, 9.17) is 0 Å². The monoisotopic (exact) mass is 268 g/mol. The lowest BCUT2D eigenvalue weighted by Gasteiger charge is -2.27. The molecule has 1 aromatic rings. The molecular weight excluding hydrogens is 248 g/mol. The fourth-order valence-corrected chi connectivity index (χ4v) is 1.88. The molecule has 0 unspecified atom stereocenters. The summed E-state index contributed by atoms with van der Waals surface area (Å²) in [4.78, 5) is 23.2. The summed E-state index contributed by atoms with van der Waals surface area (Å²) in [5.41, 5.74) is -0.00159. The SMILES string of the molecule is CCC(CC)(NC(=O)Nc1cn(C)nc1C)C(=O)O. The van der Waals surface area contributed by atoms with Gasteiger partial charge in [0.1, 0.15) is 5.54 Å². The second-order valence-corrected chi connectivity index (χ2v) is 4.48. The van der Waals surface area contributed by atoms with Crippen LogP contribution in [0.15, 0.2) is 6.20 Å². The molecular formula is C12H20N4O3. The van der Waals surface area contributed by atoms with Gasteiger partial charge in [-0.1, -0.05) is 13.8 Å². The lowest BCUT2D eigenvalue weighted by molar-refractivity contribution is -0.144. The molecule has 0 aliphatic rings. The van der Waals surface area contributed by atoms with Gasteiger partial charge in [0.15, 0.2) is 0 Å². The van der Waals surface area contributed by atoms with E-state index in [2.05, 4.69) is 15.7 Å². The molecule has 1 rings (SSSR count). The summed E-state index contributed by atoms with van der Waals surface area (Å²) in [5, 5.41) is 18.5. The average Bonchev–Trinajstić information content (AvgIpc) is 2.64. The third-order valence-electron chi connectivity index (χ3n) is 3.23. The van der Waals surface area contributed by atoms with Gasteiger partial charge in [0.2, 0.25) is 0 Å². The van der Waals surface area contributed by atoms with E-state index in [1.807, 2.05) is 0 Å². The summed E-state index contributed by atoms with van der Waals surface area (Å²) in [6, 6.07) is -0.540. The maximum Gasteiger partial charge on any atom is 0.329 e. The number of aryl methyl sites for hydroxylation is 2. The lowest BCUT2D eigenvalue weighted by atomic mass is 9.93. The normalized spacial score (nSPS) is 11.2.